The van der Waals surface area contributed by atoms with Gasteiger partial charge in [0.15, 0.2) is 0 Å². The highest BCUT2D eigenvalue weighted by molar-refractivity contribution is 7.89. The van der Waals surface area contributed by atoms with Crippen LogP contribution in [0.25, 0.3) is 0 Å². The number of aromatic nitrogens is 3. The minimum Gasteiger partial charge on any atom is -0.467 e. The molecule has 3 heterocycles. The second-order valence-electron chi connectivity index (χ2n) is 10.0. The topological polar surface area (TPSA) is 97.6 Å². The second kappa shape index (κ2) is 10.8. The van der Waals surface area contributed by atoms with Crippen molar-refractivity contribution in [2.24, 2.45) is 0 Å². The number of carbonyl (C=O) groups excluding carboxylic acids is 1. The third-order valence-electron chi connectivity index (χ3n) is 7.80. The monoisotopic (exact) mass is 541 g/mol. The van der Waals surface area contributed by atoms with Crippen molar-refractivity contribution < 1.29 is 22.3 Å². The van der Waals surface area contributed by atoms with E-state index in [9.17, 15) is 13.2 Å². The number of nitrogens with zero attached hydrogens (tertiary/aromatic N) is 5. The molecule has 0 amide bonds. The summed E-state index contributed by atoms with van der Waals surface area (Å²) in [5.74, 6) is -0.899. The lowest BCUT2D eigenvalue weighted by molar-refractivity contribution is -0.143. The minimum absolute atomic E-state index is 0.0258. The quantitative estimate of drug-likeness (QED) is 0.437. The summed E-state index contributed by atoms with van der Waals surface area (Å²) >= 11 is 0. The molecule has 4 atom stereocenters. The van der Waals surface area contributed by atoms with Crippen LogP contribution < -0.4 is 4.90 Å². The molecule has 2 unspecified atom stereocenters. The number of methoxy groups -OCH3 is 1. The van der Waals surface area contributed by atoms with E-state index < -0.39 is 33.1 Å². The Hall–Kier alpha value is -3.31. The molecule has 5 rings (SSSR count). The lowest BCUT2D eigenvalue weighted by atomic mass is 9.96. The van der Waals surface area contributed by atoms with Crippen molar-refractivity contribution in [3.05, 3.63) is 78.1 Å². The van der Waals surface area contributed by atoms with Gasteiger partial charge in [0.25, 0.3) is 0 Å². The van der Waals surface area contributed by atoms with Gasteiger partial charge in [-0.15, -0.1) is 10.2 Å². The number of piperidine rings is 1. The predicted octanol–water partition coefficient (Wildman–Crippen LogP) is 3.86. The predicted molar refractivity (Wildman–Crippen MR) is 140 cm³/mol. The number of anilines is 1. The van der Waals surface area contributed by atoms with Crippen molar-refractivity contribution in [3.8, 4) is 0 Å². The summed E-state index contributed by atoms with van der Waals surface area (Å²) in [4.78, 5) is 14.5. The van der Waals surface area contributed by atoms with E-state index in [0.29, 0.717) is 37.1 Å². The molecular formula is C27H32FN5O4S. The summed E-state index contributed by atoms with van der Waals surface area (Å²) in [6.45, 7) is 2.33. The van der Waals surface area contributed by atoms with Crippen LogP contribution in [-0.4, -0.2) is 59.2 Å². The van der Waals surface area contributed by atoms with Crippen LogP contribution in [0.3, 0.4) is 0 Å². The first-order valence-electron chi connectivity index (χ1n) is 12.8. The lowest BCUT2D eigenvalue weighted by Crippen LogP contribution is -2.48. The molecule has 38 heavy (non-hydrogen) atoms. The lowest BCUT2D eigenvalue weighted by Gasteiger charge is -2.40. The van der Waals surface area contributed by atoms with Crippen LogP contribution in [0.2, 0.25) is 0 Å². The average molecular weight is 542 g/mol. The van der Waals surface area contributed by atoms with Gasteiger partial charge in [-0.1, -0.05) is 36.4 Å². The Morgan fingerprint density at radius 3 is 2.50 bits per heavy atom. The molecule has 202 valence electrons. The highest BCUT2D eigenvalue weighted by Gasteiger charge is 2.41. The zero-order valence-corrected chi connectivity index (χ0v) is 22.3. The summed E-state index contributed by atoms with van der Waals surface area (Å²) in [5, 5.41) is 7.07. The van der Waals surface area contributed by atoms with Crippen LogP contribution in [0.1, 0.15) is 55.0 Å². The number of sulfonamides is 1. The van der Waals surface area contributed by atoms with Crippen molar-refractivity contribution in [1.29, 1.82) is 0 Å². The number of carbonyl (C=O) groups is 1. The number of hydrogen-bond acceptors (Lipinski definition) is 7. The molecule has 2 fully saturated rings. The normalized spacial score (nSPS) is 25.7. The second-order valence-corrected chi connectivity index (χ2v) is 12.1. The van der Waals surface area contributed by atoms with Gasteiger partial charge in [0.2, 0.25) is 10.0 Å². The maximum absolute atomic E-state index is 15.5. The fourth-order valence-electron chi connectivity index (χ4n) is 5.65. The summed E-state index contributed by atoms with van der Waals surface area (Å²) in [5.41, 5.74) is 1.61. The van der Waals surface area contributed by atoms with Crippen LogP contribution in [0.5, 0.6) is 0 Å². The molecule has 0 radical (unpaired) electrons. The summed E-state index contributed by atoms with van der Waals surface area (Å²) < 4.78 is 51.0. The third kappa shape index (κ3) is 5.04. The molecule has 0 saturated carbocycles. The van der Waals surface area contributed by atoms with Gasteiger partial charge < -0.3 is 14.2 Å². The van der Waals surface area contributed by atoms with Gasteiger partial charge in [-0.25, -0.2) is 17.6 Å². The number of esters is 1. The van der Waals surface area contributed by atoms with Gasteiger partial charge in [-0.2, -0.15) is 4.31 Å². The number of halogens is 1. The first kappa shape index (κ1) is 26.3. The van der Waals surface area contributed by atoms with E-state index in [1.807, 2.05) is 46.7 Å². The Balaban J connectivity index is 1.37. The first-order chi connectivity index (χ1) is 18.3. The molecule has 0 N–H and O–H groups in total. The smallest absolute Gasteiger partial charge is 0.328 e. The fraction of sp³-hybridized carbons (Fsp3) is 0.444. The van der Waals surface area contributed by atoms with Gasteiger partial charge in [-0.3, -0.25) is 0 Å². The molecular weight excluding hydrogens is 509 g/mol. The van der Waals surface area contributed by atoms with E-state index >= 15 is 4.39 Å². The zero-order valence-electron chi connectivity index (χ0n) is 21.5. The van der Waals surface area contributed by atoms with E-state index in [1.54, 1.807) is 24.8 Å². The highest BCUT2D eigenvalue weighted by Crippen LogP contribution is 2.39. The molecule has 0 bridgehead atoms. The van der Waals surface area contributed by atoms with E-state index in [0.717, 1.165) is 12.0 Å². The molecule has 1 aromatic heterocycles. The Kier molecular flexibility index (Phi) is 7.49. The fourth-order valence-corrected chi connectivity index (χ4v) is 7.83. The molecule has 0 aliphatic carbocycles. The van der Waals surface area contributed by atoms with Crippen molar-refractivity contribution in [2.45, 2.75) is 62.5 Å². The molecule has 3 aromatic rings. The molecule has 0 spiro atoms. The molecule has 2 aliphatic heterocycles. The standard InChI is InChI=1S/C27H32FN5O4S/c1-19-8-11-26(20-6-4-3-5-7-20)38(35,36)33(19)16-21-9-10-23(14-24(21)28)32-13-12-22(31-17-29-30-18-31)15-25(32)27(34)37-2/h3-7,9-10,14,17-19,22,25-26H,8,11-13,15-16H2,1-2H3/t19-,22?,25+,26?/m0/s1. The first-order valence-corrected chi connectivity index (χ1v) is 14.3. The van der Waals surface area contributed by atoms with E-state index in [2.05, 4.69) is 10.2 Å². The zero-order chi connectivity index (χ0) is 26.9. The maximum atomic E-state index is 15.5. The minimum atomic E-state index is -3.68. The Morgan fingerprint density at radius 1 is 1.08 bits per heavy atom. The molecule has 2 saturated heterocycles. The summed E-state index contributed by atoms with van der Waals surface area (Å²) in [6, 6.07) is 13.1. The van der Waals surface area contributed by atoms with Crippen molar-refractivity contribution in [1.82, 2.24) is 19.1 Å². The Labute approximate surface area is 222 Å². The Morgan fingerprint density at radius 2 is 1.82 bits per heavy atom. The molecule has 2 aliphatic rings. The SMILES string of the molecule is COC(=O)[C@H]1CC(n2cnnc2)CCN1c1ccc(CN2[C@@H](C)CCC(c3ccccc3)S2(=O)=O)c(F)c1. The molecule has 11 heteroatoms. The van der Waals surface area contributed by atoms with E-state index in [1.165, 1.54) is 17.5 Å². The van der Waals surface area contributed by atoms with Gasteiger partial charge in [0.1, 0.15) is 29.8 Å². The number of ether oxygens (including phenoxy) is 1. The summed E-state index contributed by atoms with van der Waals surface area (Å²) in [6.07, 6.45) is 5.67. The third-order valence-corrected chi connectivity index (χ3v) is 10.2. The van der Waals surface area contributed by atoms with Crippen molar-refractivity contribution in [3.63, 3.8) is 0 Å². The van der Waals surface area contributed by atoms with E-state index in [4.69, 9.17) is 4.74 Å². The van der Waals surface area contributed by atoms with Crippen LogP contribution in [0.4, 0.5) is 10.1 Å². The average Bonchev–Trinajstić information content (AvgIpc) is 3.46. The number of rotatable bonds is 6. The van der Waals surface area contributed by atoms with Crippen molar-refractivity contribution >= 4 is 21.7 Å². The number of benzene rings is 2. The van der Waals surface area contributed by atoms with Crippen molar-refractivity contribution in [2.75, 3.05) is 18.6 Å². The van der Waals surface area contributed by atoms with Crippen LogP contribution >= 0.6 is 0 Å². The van der Waals surface area contributed by atoms with Crippen LogP contribution in [0.15, 0.2) is 61.2 Å². The van der Waals surface area contributed by atoms with E-state index in [-0.39, 0.29) is 18.6 Å². The van der Waals surface area contributed by atoms with Gasteiger partial charge in [0, 0.05) is 36.4 Å². The maximum Gasteiger partial charge on any atom is 0.328 e. The number of hydrogen-bond donors (Lipinski definition) is 0. The molecule has 9 nitrogen and oxygen atoms in total. The van der Waals surface area contributed by atoms with Crippen LogP contribution in [0, 0.1) is 5.82 Å². The molecule has 2 aromatic carbocycles. The highest BCUT2D eigenvalue weighted by atomic mass is 32.2. The van der Waals surface area contributed by atoms with Crippen LogP contribution in [-0.2, 0) is 26.1 Å². The summed E-state index contributed by atoms with van der Waals surface area (Å²) in [7, 11) is -2.34. The Bertz CT molecular complexity index is 1370. The van der Waals surface area contributed by atoms with Gasteiger partial charge >= 0.3 is 5.97 Å². The van der Waals surface area contributed by atoms with Gasteiger partial charge in [0.05, 0.1) is 7.11 Å². The largest absolute Gasteiger partial charge is 0.467 e. The van der Waals surface area contributed by atoms with Gasteiger partial charge in [-0.05, 0) is 50.3 Å².